The average Bonchev–Trinajstić information content (AvgIpc) is 2.72. The molecule has 0 atom stereocenters. The molecule has 142 valence electrons. The van der Waals surface area contributed by atoms with Crippen molar-refractivity contribution in [2.75, 3.05) is 11.9 Å². The number of halogens is 1. The van der Waals surface area contributed by atoms with Crippen molar-refractivity contribution in [1.82, 2.24) is 4.90 Å². The molecule has 2 amide bonds. The van der Waals surface area contributed by atoms with E-state index >= 15 is 0 Å². The van der Waals surface area contributed by atoms with Crippen LogP contribution in [0.2, 0.25) is 5.02 Å². The molecule has 3 aromatic rings. The number of nitrogens with one attached hydrogen (secondary N) is 1. The average molecular weight is 393 g/mol. The van der Waals surface area contributed by atoms with E-state index < -0.39 is 0 Å². The summed E-state index contributed by atoms with van der Waals surface area (Å²) >= 11 is 5.94. The molecule has 0 spiro atoms. The summed E-state index contributed by atoms with van der Waals surface area (Å²) in [6.45, 7) is 3.10. The molecule has 3 rings (SSSR count). The maximum Gasteiger partial charge on any atom is 0.255 e. The molecule has 0 aliphatic rings. The quantitative estimate of drug-likeness (QED) is 0.622. The second-order valence-electron chi connectivity index (χ2n) is 6.35. The SMILES string of the molecule is CCN(Cc1ccccc1)C(=O)c1ccc(C(=O)Nc2cccc(Cl)c2)cc1. The number of nitrogens with zero attached hydrogens (tertiary/aromatic N) is 1. The van der Waals surface area contributed by atoms with Crippen molar-refractivity contribution >= 4 is 29.1 Å². The Morgan fingerprint density at radius 3 is 2.21 bits per heavy atom. The largest absolute Gasteiger partial charge is 0.335 e. The summed E-state index contributed by atoms with van der Waals surface area (Å²) in [5, 5.41) is 3.35. The van der Waals surface area contributed by atoms with Gasteiger partial charge in [0, 0.05) is 34.9 Å². The van der Waals surface area contributed by atoms with Gasteiger partial charge >= 0.3 is 0 Å². The summed E-state index contributed by atoms with van der Waals surface area (Å²) in [7, 11) is 0. The van der Waals surface area contributed by atoms with E-state index in [4.69, 9.17) is 11.6 Å². The highest BCUT2D eigenvalue weighted by molar-refractivity contribution is 6.31. The third kappa shape index (κ3) is 4.99. The normalized spacial score (nSPS) is 10.4. The lowest BCUT2D eigenvalue weighted by Gasteiger charge is -2.21. The highest BCUT2D eigenvalue weighted by atomic mass is 35.5. The first kappa shape index (κ1) is 19.6. The molecule has 0 radical (unpaired) electrons. The number of amides is 2. The van der Waals surface area contributed by atoms with Crippen molar-refractivity contribution < 1.29 is 9.59 Å². The Bertz CT molecular complexity index is 956. The summed E-state index contributed by atoms with van der Waals surface area (Å²) in [4.78, 5) is 27.0. The fourth-order valence-corrected chi connectivity index (χ4v) is 3.04. The van der Waals surface area contributed by atoms with Crippen LogP contribution in [0.1, 0.15) is 33.2 Å². The Hall–Kier alpha value is -3.11. The number of benzene rings is 3. The van der Waals surface area contributed by atoms with Gasteiger partial charge in [-0.2, -0.15) is 0 Å². The van der Waals surface area contributed by atoms with Crippen LogP contribution in [0.25, 0.3) is 0 Å². The van der Waals surface area contributed by atoms with E-state index in [-0.39, 0.29) is 11.8 Å². The summed E-state index contributed by atoms with van der Waals surface area (Å²) in [6.07, 6.45) is 0. The van der Waals surface area contributed by atoms with Crippen molar-refractivity contribution in [3.63, 3.8) is 0 Å². The molecule has 1 N–H and O–H groups in total. The van der Waals surface area contributed by atoms with E-state index in [1.165, 1.54) is 0 Å². The van der Waals surface area contributed by atoms with Gasteiger partial charge in [-0.3, -0.25) is 9.59 Å². The van der Waals surface area contributed by atoms with Crippen LogP contribution in [-0.4, -0.2) is 23.3 Å². The standard InChI is InChI=1S/C23H21ClN2O2/c1-2-26(16-17-7-4-3-5-8-17)23(28)19-13-11-18(12-14-19)22(27)25-21-10-6-9-20(24)15-21/h3-15H,2,16H2,1H3,(H,25,27). The molecular formula is C23H21ClN2O2. The third-order valence-corrected chi connectivity index (χ3v) is 4.60. The summed E-state index contributed by atoms with van der Waals surface area (Å²) < 4.78 is 0. The van der Waals surface area contributed by atoms with Crippen LogP contribution in [0, 0.1) is 0 Å². The first-order valence-electron chi connectivity index (χ1n) is 9.07. The maximum absolute atomic E-state index is 12.8. The molecule has 0 saturated heterocycles. The molecule has 0 heterocycles. The van der Waals surface area contributed by atoms with Crippen LogP contribution in [0.5, 0.6) is 0 Å². The number of anilines is 1. The van der Waals surface area contributed by atoms with Crippen molar-refractivity contribution in [3.05, 3.63) is 101 Å². The van der Waals surface area contributed by atoms with Gasteiger partial charge in [-0.05, 0) is 55.0 Å². The summed E-state index contributed by atoms with van der Waals surface area (Å²) in [5.74, 6) is -0.314. The van der Waals surface area contributed by atoms with E-state index in [1.807, 2.05) is 37.3 Å². The van der Waals surface area contributed by atoms with Crippen LogP contribution < -0.4 is 5.32 Å². The van der Waals surface area contributed by atoms with E-state index in [2.05, 4.69) is 5.32 Å². The zero-order chi connectivity index (χ0) is 19.9. The van der Waals surface area contributed by atoms with E-state index in [9.17, 15) is 9.59 Å². The molecule has 0 aromatic heterocycles. The van der Waals surface area contributed by atoms with Crippen LogP contribution in [0.4, 0.5) is 5.69 Å². The van der Waals surface area contributed by atoms with Gasteiger partial charge in [0.15, 0.2) is 0 Å². The topological polar surface area (TPSA) is 49.4 Å². The lowest BCUT2D eigenvalue weighted by molar-refractivity contribution is 0.0752. The van der Waals surface area contributed by atoms with Gasteiger partial charge in [-0.15, -0.1) is 0 Å². The Labute approximate surface area is 169 Å². The molecule has 5 heteroatoms. The van der Waals surface area contributed by atoms with Crippen molar-refractivity contribution in [2.45, 2.75) is 13.5 Å². The second-order valence-corrected chi connectivity index (χ2v) is 6.78. The molecule has 0 unspecified atom stereocenters. The molecule has 0 saturated carbocycles. The molecule has 28 heavy (non-hydrogen) atoms. The van der Waals surface area contributed by atoms with Gasteiger partial charge < -0.3 is 10.2 Å². The van der Waals surface area contributed by atoms with Crippen LogP contribution >= 0.6 is 11.6 Å². The molecule has 0 aliphatic heterocycles. The first-order valence-corrected chi connectivity index (χ1v) is 9.45. The van der Waals surface area contributed by atoms with Crippen molar-refractivity contribution in [1.29, 1.82) is 0 Å². The smallest absolute Gasteiger partial charge is 0.255 e. The van der Waals surface area contributed by atoms with Gasteiger partial charge in [0.25, 0.3) is 11.8 Å². The fraction of sp³-hybridized carbons (Fsp3) is 0.130. The second kappa shape index (κ2) is 9.20. The van der Waals surface area contributed by atoms with Crippen molar-refractivity contribution in [3.8, 4) is 0 Å². The van der Waals surface area contributed by atoms with E-state index in [1.54, 1.807) is 53.4 Å². The van der Waals surface area contributed by atoms with Crippen LogP contribution in [0.15, 0.2) is 78.9 Å². The van der Waals surface area contributed by atoms with Gasteiger partial charge in [-0.25, -0.2) is 0 Å². The zero-order valence-electron chi connectivity index (χ0n) is 15.6. The van der Waals surface area contributed by atoms with Gasteiger partial charge in [0.1, 0.15) is 0 Å². The van der Waals surface area contributed by atoms with Gasteiger partial charge in [0.2, 0.25) is 0 Å². The summed E-state index contributed by atoms with van der Waals surface area (Å²) in [6, 6.07) is 23.5. The third-order valence-electron chi connectivity index (χ3n) is 4.36. The Morgan fingerprint density at radius 2 is 1.57 bits per heavy atom. The molecule has 3 aromatic carbocycles. The zero-order valence-corrected chi connectivity index (χ0v) is 16.3. The van der Waals surface area contributed by atoms with Gasteiger partial charge in [-0.1, -0.05) is 48.0 Å². The number of rotatable bonds is 6. The van der Waals surface area contributed by atoms with E-state index in [0.717, 1.165) is 5.56 Å². The molecular weight excluding hydrogens is 372 g/mol. The highest BCUT2D eigenvalue weighted by Crippen LogP contribution is 2.17. The lowest BCUT2D eigenvalue weighted by Crippen LogP contribution is -2.30. The Balaban J connectivity index is 1.68. The predicted molar refractivity (Wildman–Crippen MR) is 113 cm³/mol. The maximum atomic E-state index is 12.8. The minimum absolute atomic E-state index is 0.0619. The van der Waals surface area contributed by atoms with Crippen molar-refractivity contribution in [2.24, 2.45) is 0 Å². The number of hydrogen-bond acceptors (Lipinski definition) is 2. The molecule has 0 bridgehead atoms. The van der Waals surface area contributed by atoms with Crippen LogP contribution in [-0.2, 0) is 6.54 Å². The Kier molecular flexibility index (Phi) is 6.45. The number of carbonyl (C=O) groups excluding carboxylic acids is 2. The predicted octanol–water partition coefficient (Wildman–Crippen LogP) is 5.25. The fourth-order valence-electron chi connectivity index (χ4n) is 2.85. The van der Waals surface area contributed by atoms with Crippen LogP contribution in [0.3, 0.4) is 0 Å². The van der Waals surface area contributed by atoms with Gasteiger partial charge in [0.05, 0.1) is 0 Å². The monoisotopic (exact) mass is 392 g/mol. The highest BCUT2D eigenvalue weighted by Gasteiger charge is 2.15. The minimum Gasteiger partial charge on any atom is -0.335 e. The summed E-state index contributed by atoms with van der Waals surface area (Å²) in [5.41, 5.74) is 2.73. The number of hydrogen-bond donors (Lipinski definition) is 1. The molecule has 4 nitrogen and oxygen atoms in total. The molecule has 0 aliphatic carbocycles. The number of carbonyl (C=O) groups is 2. The lowest BCUT2D eigenvalue weighted by atomic mass is 10.1. The minimum atomic E-state index is -0.252. The van der Waals surface area contributed by atoms with E-state index in [0.29, 0.717) is 34.9 Å². The first-order chi connectivity index (χ1) is 13.6. The molecule has 0 fully saturated rings. The Morgan fingerprint density at radius 1 is 0.893 bits per heavy atom.